The third kappa shape index (κ3) is 5.37. The Morgan fingerprint density at radius 2 is 1.83 bits per heavy atom. The Labute approximate surface area is 111 Å². The molecule has 1 saturated heterocycles. The molecule has 0 aliphatic carbocycles. The third-order valence-electron chi connectivity index (χ3n) is 2.72. The Kier molecular flexibility index (Phi) is 5.93. The third-order valence-corrected chi connectivity index (χ3v) is 2.72. The molecule has 0 amide bonds. The standard InChI is InChI=1S/C13H19NO.C3H6/c1-13(2)10-14(11-13)8-9-15-12-6-4-3-5-7-12;1-3-2/h3-7H,8-11H2,1-2H3;3H,1H2,2H3. The van der Waals surface area contributed by atoms with Crippen LogP contribution in [0.4, 0.5) is 0 Å². The van der Waals surface area contributed by atoms with E-state index in [1.807, 2.05) is 37.3 Å². The zero-order valence-corrected chi connectivity index (χ0v) is 11.9. The Morgan fingerprint density at radius 3 is 2.33 bits per heavy atom. The minimum absolute atomic E-state index is 0.521. The molecule has 0 N–H and O–H groups in total. The highest BCUT2D eigenvalue weighted by Gasteiger charge is 2.33. The number of nitrogens with zero attached hydrogens (tertiary/aromatic N) is 1. The highest BCUT2D eigenvalue weighted by molar-refractivity contribution is 5.20. The molecule has 1 heterocycles. The van der Waals surface area contributed by atoms with Gasteiger partial charge < -0.3 is 4.74 Å². The molecule has 0 aromatic heterocycles. The average Bonchev–Trinajstić information content (AvgIpc) is 2.29. The van der Waals surface area contributed by atoms with Crippen LogP contribution in [-0.2, 0) is 0 Å². The van der Waals surface area contributed by atoms with Gasteiger partial charge in [-0.25, -0.2) is 0 Å². The SMILES string of the molecule is C=CC.CC1(C)CN(CCOc2ccccc2)C1. The van der Waals surface area contributed by atoms with Gasteiger partial charge in [-0.05, 0) is 24.5 Å². The first-order valence-corrected chi connectivity index (χ1v) is 6.54. The van der Waals surface area contributed by atoms with Crippen molar-refractivity contribution in [2.75, 3.05) is 26.2 Å². The maximum absolute atomic E-state index is 5.64. The largest absolute Gasteiger partial charge is 0.492 e. The van der Waals surface area contributed by atoms with Crippen molar-refractivity contribution in [3.05, 3.63) is 43.0 Å². The van der Waals surface area contributed by atoms with Crippen molar-refractivity contribution < 1.29 is 4.74 Å². The molecule has 0 radical (unpaired) electrons. The lowest BCUT2D eigenvalue weighted by molar-refractivity contribution is 0.0213. The normalized spacial score (nSPS) is 17.1. The monoisotopic (exact) mass is 247 g/mol. The van der Waals surface area contributed by atoms with Crippen LogP contribution in [0, 0.1) is 5.41 Å². The number of likely N-dealkylation sites (tertiary alicyclic amines) is 1. The Bertz CT molecular complexity index is 337. The predicted molar refractivity (Wildman–Crippen MR) is 78.0 cm³/mol. The summed E-state index contributed by atoms with van der Waals surface area (Å²) in [6.07, 6.45) is 1.75. The van der Waals surface area contributed by atoms with E-state index in [0.29, 0.717) is 5.41 Å². The molecule has 1 aromatic carbocycles. The number of rotatable bonds is 4. The second-order valence-electron chi connectivity index (χ2n) is 5.44. The average molecular weight is 247 g/mol. The van der Waals surface area contributed by atoms with Crippen molar-refractivity contribution in [2.45, 2.75) is 20.8 Å². The van der Waals surface area contributed by atoms with E-state index in [1.165, 1.54) is 13.1 Å². The van der Waals surface area contributed by atoms with Gasteiger partial charge in [-0.1, -0.05) is 38.1 Å². The van der Waals surface area contributed by atoms with Crippen molar-refractivity contribution in [1.29, 1.82) is 0 Å². The number of allylic oxidation sites excluding steroid dienone is 1. The van der Waals surface area contributed by atoms with Crippen LogP contribution in [0.15, 0.2) is 43.0 Å². The summed E-state index contributed by atoms with van der Waals surface area (Å²) >= 11 is 0. The van der Waals surface area contributed by atoms with Gasteiger partial charge in [-0.15, -0.1) is 6.58 Å². The molecule has 1 aliphatic heterocycles. The Morgan fingerprint density at radius 1 is 1.28 bits per heavy atom. The summed E-state index contributed by atoms with van der Waals surface area (Å²) in [6, 6.07) is 10.0. The lowest BCUT2D eigenvalue weighted by Crippen LogP contribution is -2.53. The first-order valence-electron chi connectivity index (χ1n) is 6.54. The topological polar surface area (TPSA) is 12.5 Å². The van der Waals surface area contributed by atoms with E-state index in [1.54, 1.807) is 6.08 Å². The first kappa shape index (κ1) is 14.8. The fraction of sp³-hybridized carbons (Fsp3) is 0.500. The van der Waals surface area contributed by atoms with Gasteiger partial charge in [0.05, 0.1) is 0 Å². The molecule has 1 fully saturated rings. The highest BCUT2D eigenvalue weighted by Crippen LogP contribution is 2.27. The van der Waals surface area contributed by atoms with Gasteiger partial charge in [0.15, 0.2) is 0 Å². The lowest BCUT2D eigenvalue weighted by atomic mass is 9.84. The van der Waals surface area contributed by atoms with E-state index in [2.05, 4.69) is 25.3 Å². The summed E-state index contributed by atoms with van der Waals surface area (Å²) in [5.74, 6) is 0.970. The maximum Gasteiger partial charge on any atom is 0.119 e. The van der Waals surface area contributed by atoms with E-state index >= 15 is 0 Å². The van der Waals surface area contributed by atoms with Crippen LogP contribution < -0.4 is 4.74 Å². The number of hydrogen-bond acceptors (Lipinski definition) is 2. The smallest absolute Gasteiger partial charge is 0.119 e. The van der Waals surface area contributed by atoms with E-state index in [9.17, 15) is 0 Å². The second-order valence-corrected chi connectivity index (χ2v) is 5.44. The second kappa shape index (κ2) is 7.22. The number of benzene rings is 1. The summed E-state index contributed by atoms with van der Waals surface area (Å²) in [4.78, 5) is 2.43. The molecule has 0 spiro atoms. The molecule has 0 unspecified atom stereocenters. The van der Waals surface area contributed by atoms with E-state index in [-0.39, 0.29) is 0 Å². The summed E-state index contributed by atoms with van der Waals surface area (Å²) in [6.45, 7) is 14.1. The molecule has 1 aliphatic rings. The van der Waals surface area contributed by atoms with Crippen molar-refractivity contribution in [3.63, 3.8) is 0 Å². The van der Waals surface area contributed by atoms with Crippen LogP contribution in [0.2, 0.25) is 0 Å². The van der Waals surface area contributed by atoms with E-state index in [0.717, 1.165) is 18.9 Å². The summed E-state index contributed by atoms with van der Waals surface area (Å²) in [5, 5.41) is 0. The molecule has 100 valence electrons. The summed E-state index contributed by atoms with van der Waals surface area (Å²) < 4.78 is 5.64. The molecular weight excluding hydrogens is 222 g/mol. The molecule has 18 heavy (non-hydrogen) atoms. The number of ether oxygens (including phenoxy) is 1. The van der Waals surface area contributed by atoms with Gasteiger partial charge in [0.25, 0.3) is 0 Å². The minimum Gasteiger partial charge on any atom is -0.492 e. The molecule has 0 atom stereocenters. The molecule has 2 rings (SSSR count). The highest BCUT2D eigenvalue weighted by atomic mass is 16.5. The van der Waals surface area contributed by atoms with Gasteiger partial charge in [-0.3, -0.25) is 4.90 Å². The van der Waals surface area contributed by atoms with E-state index in [4.69, 9.17) is 4.74 Å². The fourth-order valence-corrected chi connectivity index (χ4v) is 2.13. The Balaban J connectivity index is 0.000000492. The van der Waals surface area contributed by atoms with E-state index < -0.39 is 0 Å². The van der Waals surface area contributed by atoms with Crippen molar-refractivity contribution in [1.82, 2.24) is 4.90 Å². The van der Waals surface area contributed by atoms with Crippen LogP contribution in [0.1, 0.15) is 20.8 Å². The zero-order chi connectivity index (χ0) is 13.4. The van der Waals surface area contributed by atoms with Crippen LogP contribution in [0.5, 0.6) is 5.75 Å². The molecule has 0 saturated carbocycles. The van der Waals surface area contributed by atoms with Crippen molar-refractivity contribution in [2.24, 2.45) is 5.41 Å². The van der Waals surface area contributed by atoms with Gasteiger partial charge in [0.2, 0.25) is 0 Å². The fourth-order valence-electron chi connectivity index (χ4n) is 2.13. The number of hydrogen-bond donors (Lipinski definition) is 0. The number of para-hydroxylation sites is 1. The molecule has 1 aromatic rings. The quantitative estimate of drug-likeness (QED) is 0.754. The van der Waals surface area contributed by atoms with Gasteiger partial charge in [-0.2, -0.15) is 0 Å². The van der Waals surface area contributed by atoms with Gasteiger partial charge in [0, 0.05) is 19.6 Å². The van der Waals surface area contributed by atoms with Crippen molar-refractivity contribution in [3.8, 4) is 5.75 Å². The van der Waals surface area contributed by atoms with Gasteiger partial charge in [0.1, 0.15) is 12.4 Å². The first-order chi connectivity index (χ1) is 8.57. The van der Waals surface area contributed by atoms with Crippen LogP contribution in [0.25, 0.3) is 0 Å². The zero-order valence-electron chi connectivity index (χ0n) is 11.9. The molecule has 2 heteroatoms. The lowest BCUT2D eigenvalue weighted by Gasteiger charge is -2.45. The van der Waals surface area contributed by atoms with Gasteiger partial charge >= 0.3 is 0 Å². The molecule has 0 bridgehead atoms. The maximum atomic E-state index is 5.64. The summed E-state index contributed by atoms with van der Waals surface area (Å²) in [7, 11) is 0. The minimum atomic E-state index is 0.521. The molecule has 2 nitrogen and oxygen atoms in total. The molecular formula is C16H25NO. The Hall–Kier alpha value is -1.28. The van der Waals surface area contributed by atoms with Crippen LogP contribution in [0.3, 0.4) is 0 Å². The van der Waals surface area contributed by atoms with Crippen LogP contribution >= 0.6 is 0 Å². The summed E-state index contributed by atoms with van der Waals surface area (Å²) in [5.41, 5.74) is 0.521. The predicted octanol–water partition coefficient (Wildman–Crippen LogP) is 3.60. The van der Waals surface area contributed by atoms with Crippen molar-refractivity contribution >= 4 is 0 Å². The van der Waals surface area contributed by atoms with Crippen LogP contribution in [-0.4, -0.2) is 31.1 Å².